The van der Waals surface area contributed by atoms with Crippen molar-refractivity contribution in [3.8, 4) is 0 Å². The Morgan fingerprint density at radius 1 is 1.00 bits per heavy atom. The van der Waals surface area contributed by atoms with Crippen LogP contribution in [-0.4, -0.2) is 48.0 Å². The lowest BCUT2D eigenvalue weighted by Crippen LogP contribution is -2.49. The molecule has 1 aromatic heterocycles. The van der Waals surface area contributed by atoms with E-state index in [4.69, 9.17) is 0 Å². The molecule has 148 valence electrons. The second-order valence-corrected chi connectivity index (χ2v) is 7.64. The Labute approximate surface area is 165 Å². The van der Waals surface area contributed by atoms with E-state index in [1.807, 2.05) is 28.0 Å². The second kappa shape index (κ2) is 8.59. The molecule has 0 spiro atoms. The maximum Gasteiger partial charge on any atom is 0.255 e. The lowest BCUT2D eigenvalue weighted by molar-refractivity contribution is 0.0746. The van der Waals surface area contributed by atoms with Gasteiger partial charge in [-0.2, -0.15) is 0 Å². The van der Waals surface area contributed by atoms with Crippen LogP contribution in [0.5, 0.6) is 0 Å². The molecule has 1 amide bonds. The molecule has 1 aromatic carbocycles. The topological polar surface area (TPSA) is 48.5 Å². The zero-order chi connectivity index (χ0) is 19.3. The largest absolute Gasteiger partial charge is 0.367 e. The molecule has 2 aliphatic rings. The van der Waals surface area contributed by atoms with Crippen molar-refractivity contribution in [1.29, 1.82) is 0 Å². The summed E-state index contributed by atoms with van der Waals surface area (Å²) in [4.78, 5) is 21.0. The summed E-state index contributed by atoms with van der Waals surface area (Å²) >= 11 is 0. The van der Waals surface area contributed by atoms with E-state index in [-0.39, 0.29) is 11.7 Å². The summed E-state index contributed by atoms with van der Waals surface area (Å²) < 4.78 is 14.0. The molecule has 0 unspecified atom stereocenters. The Hall–Kier alpha value is -2.63. The lowest BCUT2D eigenvalue weighted by Gasteiger charge is -2.36. The standard InChI is InChI=1S/C22H27FN4O/c23-19-8-4-5-9-20(19)26-12-14-27(15-13-26)22(28)17-10-11-21(24-16-17)25-18-6-2-1-3-7-18/h4-5,8-11,16,18H,1-3,6-7,12-15H2,(H,24,25). The number of aromatic nitrogens is 1. The van der Waals surface area contributed by atoms with Crippen molar-refractivity contribution in [2.45, 2.75) is 38.1 Å². The van der Waals surface area contributed by atoms with Crippen LogP contribution in [0.25, 0.3) is 0 Å². The summed E-state index contributed by atoms with van der Waals surface area (Å²) in [6.45, 7) is 2.41. The summed E-state index contributed by atoms with van der Waals surface area (Å²) in [6.07, 6.45) is 7.91. The number of para-hydroxylation sites is 1. The number of hydrogen-bond acceptors (Lipinski definition) is 4. The highest BCUT2D eigenvalue weighted by atomic mass is 19.1. The van der Waals surface area contributed by atoms with Crippen molar-refractivity contribution >= 4 is 17.4 Å². The minimum absolute atomic E-state index is 0.00935. The van der Waals surface area contributed by atoms with Gasteiger partial charge in [-0.05, 0) is 37.1 Å². The normalized spacial score (nSPS) is 18.2. The lowest BCUT2D eigenvalue weighted by atomic mass is 9.95. The number of carbonyl (C=O) groups excluding carboxylic acids is 1. The first-order valence-electron chi connectivity index (χ1n) is 10.2. The van der Waals surface area contributed by atoms with Crippen LogP contribution in [0.1, 0.15) is 42.5 Å². The molecular formula is C22H27FN4O. The average Bonchev–Trinajstić information content (AvgIpc) is 2.75. The molecule has 6 heteroatoms. The third-order valence-electron chi connectivity index (χ3n) is 5.73. The highest BCUT2D eigenvalue weighted by Gasteiger charge is 2.24. The summed E-state index contributed by atoms with van der Waals surface area (Å²) in [5.41, 5.74) is 1.21. The zero-order valence-corrected chi connectivity index (χ0v) is 16.1. The van der Waals surface area contributed by atoms with Crippen molar-refractivity contribution in [1.82, 2.24) is 9.88 Å². The molecule has 5 nitrogen and oxygen atoms in total. The Morgan fingerprint density at radius 2 is 1.75 bits per heavy atom. The van der Waals surface area contributed by atoms with E-state index in [1.54, 1.807) is 18.3 Å². The Balaban J connectivity index is 1.33. The fourth-order valence-corrected chi connectivity index (χ4v) is 4.10. The predicted molar refractivity (Wildman–Crippen MR) is 109 cm³/mol. The summed E-state index contributed by atoms with van der Waals surface area (Å²) in [5.74, 6) is 0.616. The number of amides is 1. The van der Waals surface area contributed by atoms with E-state index in [0.717, 1.165) is 5.82 Å². The van der Waals surface area contributed by atoms with E-state index in [2.05, 4.69) is 10.3 Å². The van der Waals surface area contributed by atoms with Crippen molar-refractivity contribution in [3.05, 3.63) is 54.0 Å². The Bertz CT molecular complexity index is 796. The third kappa shape index (κ3) is 4.26. The molecule has 2 heterocycles. The Kier molecular flexibility index (Phi) is 5.74. The van der Waals surface area contributed by atoms with Crippen LogP contribution < -0.4 is 10.2 Å². The van der Waals surface area contributed by atoms with Crippen molar-refractivity contribution in [3.63, 3.8) is 0 Å². The molecule has 2 aromatic rings. The maximum absolute atomic E-state index is 14.0. The fourth-order valence-electron chi connectivity index (χ4n) is 4.10. The van der Waals surface area contributed by atoms with E-state index < -0.39 is 0 Å². The molecule has 2 fully saturated rings. The smallest absolute Gasteiger partial charge is 0.255 e. The number of carbonyl (C=O) groups is 1. The average molecular weight is 382 g/mol. The number of anilines is 2. The Morgan fingerprint density at radius 3 is 2.43 bits per heavy atom. The first kappa shape index (κ1) is 18.7. The minimum Gasteiger partial charge on any atom is -0.367 e. The van der Waals surface area contributed by atoms with Gasteiger partial charge < -0.3 is 15.1 Å². The van der Waals surface area contributed by atoms with Gasteiger partial charge in [0.2, 0.25) is 0 Å². The van der Waals surface area contributed by atoms with Gasteiger partial charge in [0.25, 0.3) is 5.91 Å². The van der Waals surface area contributed by atoms with E-state index in [9.17, 15) is 9.18 Å². The molecule has 0 atom stereocenters. The second-order valence-electron chi connectivity index (χ2n) is 7.64. The summed E-state index contributed by atoms with van der Waals surface area (Å²) in [5, 5.41) is 3.48. The SMILES string of the molecule is O=C(c1ccc(NC2CCCCC2)nc1)N1CCN(c2ccccc2F)CC1. The van der Waals surface area contributed by atoms with Crippen molar-refractivity contribution in [2.24, 2.45) is 0 Å². The third-order valence-corrected chi connectivity index (χ3v) is 5.73. The van der Waals surface area contributed by atoms with Gasteiger partial charge in [-0.25, -0.2) is 9.37 Å². The molecule has 1 N–H and O–H groups in total. The van der Waals surface area contributed by atoms with Gasteiger partial charge in [0, 0.05) is 38.4 Å². The van der Waals surface area contributed by atoms with E-state index in [1.165, 1.54) is 38.2 Å². The van der Waals surface area contributed by atoms with Crippen LogP contribution in [-0.2, 0) is 0 Å². The molecule has 1 saturated heterocycles. The molecule has 1 aliphatic carbocycles. The van der Waals surface area contributed by atoms with Gasteiger partial charge in [-0.1, -0.05) is 31.4 Å². The first-order valence-corrected chi connectivity index (χ1v) is 10.2. The number of nitrogens with one attached hydrogen (secondary N) is 1. The predicted octanol–water partition coefficient (Wildman–Crippen LogP) is 3.93. The number of nitrogens with zero attached hydrogens (tertiary/aromatic N) is 3. The minimum atomic E-state index is -0.215. The monoisotopic (exact) mass is 382 g/mol. The molecule has 4 rings (SSSR count). The molecule has 0 bridgehead atoms. The van der Waals surface area contributed by atoms with Crippen LogP contribution in [0, 0.1) is 5.82 Å². The number of rotatable bonds is 4. The molecule has 1 saturated carbocycles. The van der Waals surface area contributed by atoms with E-state index >= 15 is 0 Å². The van der Waals surface area contributed by atoms with Crippen LogP contribution >= 0.6 is 0 Å². The number of benzene rings is 1. The zero-order valence-electron chi connectivity index (χ0n) is 16.1. The molecule has 28 heavy (non-hydrogen) atoms. The first-order chi connectivity index (χ1) is 13.7. The van der Waals surface area contributed by atoms with Crippen molar-refractivity contribution in [2.75, 3.05) is 36.4 Å². The number of pyridine rings is 1. The quantitative estimate of drug-likeness (QED) is 0.871. The van der Waals surface area contributed by atoms with E-state index in [0.29, 0.717) is 43.5 Å². The van der Waals surface area contributed by atoms with Gasteiger partial charge in [-0.15, -0.1) is 0 Å². The number of halogens is 1. The summed E-state index contributed by atoms with van der Waals surface area (Å²) in [6, 6.07) is 11.0. The fraction of sp³-hybridized carbons (Fsp3) is 0.455. The van der Waals surface area contributed by atoms with Gasteiger partial charge in [0.15, 0.2) is 0 Å². The van der Waals surface area contributed by atoms with Crippen LogP contribution in [0.15, 0.2) is 42.6 Å². The van der Waals surface area contributed by atoms with Crippen LogP contribution in [0.2, 0.25) is 0 Å². The number of hydrogen-bond donors (Lipinski definition) is 1. The van der Waals surface area contributed by atoms with Gasteiger partial charge in [-0.3, -0.25) is 4.79 Å². The van der Waals surface area contributed by atoms with Gasteiger partial charge in [0.05, 0.1) is 11.3 Å². The highest BCUT2D eigenvalue weighted by Crippen LogP contribution is 2.22. The van der Waals surface area contributed by atoms with Crippen LogP contribution in [0.3, 0.4) is 0 Å². The highest BCUT2D eigenvalue weighted by molar-refractivity contribution is 5.94. The van der Waals surface area contributed by atoms with Gasteiger partial charge >= 0.3 is 0 Å². The maximum atomic E-state index is 14.0. The summed E-state index contributed by atoms with van der Waals surface area (Å²) in [7, 11) is 0. The van der Waals surface area contributed by atoms with Gasteiger partial charge in [0.1, 0.15) is 11.6 Å². The van der Waals surface area contributed by atoms with Crippen LogP contribution in [0.4, 0.5) is 15.9 Å². The number of piperazine rings is 1. The molecular weight excluding hydrogens is 355 g/mol. The van der Waals surface area contributed by atoms with Crippen molar-refractivity contribution < 1.29 is 9.18 Å². The molecule has 0 radical (unpaired) electrons. The molecule has 1 aliphatic heterocycles.